The number of hydrogen-bond donors (Lipinski definition) is 2. The molecule has 3 rings (SSSR count). The Morgan fingerprint density at radius 3 is 2.70 bits per heavy atom. The Balaban J connectivity index is 1.49. The van der Waals surface area contributed by atoms with Gasteiger partial charge in [-0.25, -0.2) is 9.98 Å². The number of guanidine groups is 1. The number of nitrogens with zero attached hydrogens (tertiary/aromatic N) is 3. The predicted molar refractivity (Wildman–Crippen MR) is 110 cm³/mol. The molecule has 2 N–H and O–H groups in total. The van der Waals surface area contributed by atoms with E-state index in [1.165, 1.54) is 31.5 Å². The van der Waals surface area contributed by atoms with Gasteiger partial charge in [0.15, 0.2) is 5.96 Å². The predicted octanol–water partition coefficient (Wildman–Crippen LogP) is 3.19. The first-order valence-corrected chi connectivity index (χ1v) is 10.0. The monoisotopic (exact) mass is 369 g/mol. The van der Waals surface area contributed by atoms with Gasteiger partial charge in [0, 0.05) is 18.7 Å². The van der Waals surface area contributed by atoms with Gasteiger partial charge >= 0.3 is 0 Å². The van der Waals surface area contributed by atoms with Gasteiger partial charge in [0.1, 0.15) is 12.0 Å². The zero-order valence-electron chi connectivity index (χ0n) is 16.5. The molecule has 1 aliphatic rings. The van der Waals surface area contributed by atoms with Crippen LogP contribution in [0.2, 0.25) is 0 Å². The van der Waals surface area contributed by atoms with Gasteiger partial charge in [-0.2, -0.15) is 0 Å². The zero-order valence-corrected chi connectivity index (χ0v) is 16.5. The molecule has 1 aromatic carbocycles. The molecule has 1 fully saturated rings. The highest BCUT2D eigenvalue weighted by atomic mass is 16.3. The smallest absolute Gasteiger partial charge is 0.226 e. The van der Waals surface area contributed by atoms with Gasteiger partial charge in [-0.05, 0) is 64.9 Å². The number of aliphatic imine (C=N–C) groups is 1. The van der Waals surface area contributed by atoms with Gasteiger partial charge < -0.3 is 20.0 Å². The second-order valence-electron chi connectivity index (χ2n) is 7.03. The van der Waals surface area contributed by atoms with E-state index < -0.39 is 0 Å². The first-order valence-electron chi connectivity index (χ1n) is 10.0. The lowest BCUT2D eigenvalue weighted by molar-refractivity contribution is 0.334. The molecule has 1 saturated heterocycles. The van der Waals surface area contributed by atoms with E-state index in [-0.39, 0.29) is 0 Å². The quantitative estimate of drug-likeness (QED) is 0.425. The fourth-order valence-electron chi connectivity index (χ4n) is 3.23. The van der Waals surface area contributed by atoms with E-state index in [0.717, 1.165) is 43.3 Å². The third-order valence-corrected chi connectivity index (χ3v) is 4.74. The fourth-order valence-corrected chi connectivity index (χ4v) is 3.23. The summed E-state index contributed by atoms with van der Waals surface area (Å²) >= 11 is 0. The topological polar surface area (TPSA) is 65.7 Å². The molecule has 2 aromatic rings. The van der Waals surface area contributed by atoms with E-state index in [1.54, 1.807) is 6.26 Å². The number of nitrogens with one attached hydrogen (secondary N) is 2. The molecular formula is C21H31N5O. The summed E-state index contributed by atoms with van der Waals surface area (Å²) in [7, 11) is 0. The maximum absolute atomic E-state index is 5.61. The fraction of sp³-hybridized carbons (Fsp3) is 0.524. The van der Waals surface area contributed by atoms with E-state index in [9.17, 15) is 0 Å². The lowest BCUT2D eigenvalue weighted by Gasteiger charge is -2.15. The Morgan fingerprint density at radius 1 is 1.19 bits per heavy atom. The standard InChI is InChI=1S/C21H31N5O/c1-3-22-21(23-11-6-14-26-12-4-5-13-26)24-15-19-16-27-20(25-19)18-9-7-17(2)8-10-18/h7-10,16H,3-6,11-15H2,1-2H3,(H2,22,23,24). The van der Waals surface area contributed by atoms with Crippen molar-refractivity contribution in [1.29, 1.82) is 0 Å². The van der Waals surface area contributed by atoms with Crippen molar-refractivity contribution in [2.24, 2.45) is 4.99 Å². The molecule has 0 amide bonds. The average molecular weight is 370 g/mol. The van der Waals surface area contributed by atoms with Crippen LogP contribution in [0, 0.1) is 6.92 Å². The number of likely N-dealkylation sites (tertiary alicyclic amines) is 1. The molecule has 0 unspecified atom stereocenters. The van der Waals surface area contributed by atoms with Gasteiger partial charge in [-0.15, -0.1) is 0 Å². The first-order chi connectivity index (χ1) is 13.2. The molecular weight excluding hydrogens is 338 g/mol. The highest BCUT2D eigenvalue weighted by Crippen LogP contribution is 2.19. The van der Waals surface area contributed by atoms with Crippen molar-refractivity contribution < 1.29 is 4.42 Å². The Kier molecular flexibility index (Phi) is 7.27. The van der Waals surface area contributed by atoms with Crippen molar-refractivity contribution in [2.45, 2.75) is 39.7 Å². The van der Waals surface area contributed by atoms with Crippen LogP contribution in [0.15, 0.2) is 39.9 Å². The summed E-state index contributed by atoms with van der Waals surface area (Å²) in [5, 5.41) is 6.71. The largest absolute Gasteiger partial charge is 0.444 e. The van der Waals surface area contributed by atoms with Crippen molar-refractivity contribution in [1.82, 2.24) is 20.5 Å². The van der Waals surface area contributed by atoms with Crippen LogP contribution in [0.1, 0.15) is 37.4 Å². The molecule has 6 heteroatoms. The molecule has 0 spiro atoms. The second kappa shape index (κ2) is 10.1. The van der Waals surface area contributed by atoms with Crippen molar-refractivity contribution in [3.63, 3.8) is 0 Å². The van der Waals surface area contributed by atoms with Gasteiger partial charge in [-0.3, -0.25) is 0 Å². The van der Waals surface area contributed by atoms with E-state index in [0.29, 0.717) is 12.4 Å². The number of rotatable bonds is 8. The van der Waals surface area contributed by atoms with E-state index in [4.69, 9.17) is 4.42 Å². The van der Waals surface area contributed by atoms with Gasteiger partial charge in [0.05, 0.1) is 6.54 Å². The highest BCUT2D eigenvalue weighted by molar-refractivity contribution is 5.79. The van der Waals surface area contributed by atoms with Crippen molar-refractivity contribution in [3.8, 4) is 11.5 Å². The summed E-state index contributed by atoms with van der Waals surface area (Å²) in [6.45, 7) is 10.1. The molecule has 0 aliphatic carbocycles. The van der Waals surface area contributed by atoms with E-state index >= 15 is 0 Å². The van der Waals surface area contributed by atoms with Crippen LogP contribution in [0.3, 0.4) is 0 Å². The van der Waals surface area contributed by atoms with Crippen LogP contribution in [0.4, 0.5) is 0 Å². The average Bonchev–Trinajstić information content (AvgIpc) is 3.36. The summed E-state index contributed by atoms with van der Waals surface area (Å²) in [5.74, 6) is 1.47. The van der Waals surface area contributed by atoms with E-state index in [2.05, 4.69) is 51.5 Å². The Bertz CT molecular complexity index is 716. The van der Waals surface area contributed by atoms with Gasteiger partial charge in [0.2, 0.25) is 5.89 Å². The molecule has 1 aliphatic heterocycles. The number of aromatic nitrogens is 1. The molecule has 0 saturated carbocycles. The van der Waals surface area contributed by atoms with Crippen LogP contribution in [0.5, 0.6) is 0 Å². The third kappa shape index (κ3) is 6.10. The lowest BCUT2D eigenvalue weighted by atomic mass is 10.1. The van der Waals surface area contributed by atoms with Crippen molar-refractivity contribution in [2.75, 3.05) is 32.7 Å². The summed E-state index contributed by atoms with van der Waals surface area (Å²) in [5.41, 5.74) is 3.05. The Morgan fingerprint density at radius 2 is 1.96 bits per heavy atom. The molecule has 2 heterocycles. The molecule has 0 bridgehead atoms. The summed E-state index contributed by atoms with van der Waals surface area (Å²) in [4.78, 5) is 11.7. The van der Waals surface area contributed by atoms with E-state index in [1.807, 2.05) is 12.1 Å². The van der Waals surface area contributed by atoms with Gasteiger partial charge in [-0.1, -0.05) is 17.7 Å². The Labute approximate surface area is 162 Å². The first kappa shape index (κ1) is 19.4. The number of benzene rings is 1. The summed E-state index contributed by atoms with van der Waals surface area (Å²) in [6, 6.07) is 8.18. The molecule has 1 aromatic heterocycles. The van der Waals surface area contributed by atoms with Crippen LogP contribution < -0.4 is 10.6 Å². The van der Waals surface area contributed by atoms with Crippen molar-refractivity contribution >= 4 is 5.96 Å². The SMILES string of the molecule is CCNC(=NCc1coc(-c2ccc(C)cc2)n1)NCCCN1CCCC1. The molecule has 0 radical (unpaired) electrons. The van der Waals surface area contributed by atoms with Crippen LogP contribution in [-0.4, -0.2) is 48.6 Å². The van der Waals surface area contributed by atoms with Crippen LogP contribution in [0.25, 0.3) is 11.5 Å². The lowest BCUT2D eigenvalue weighted by Crippen LogP contribution is -2.38. The maximum atomic E-state index is 5.61. The minimum absolute atomic E-state index is 0.497. The third-order valence-electron chi connectivity index (χ3n) is 4.74. The molecule has 146 valence electrons. The second-order valence-corrected chi connectivity index (χ2v) is 7.03. The normalized spacial score (nSPS) is 15.3. The summed E-state index contributed by atoms with van der Waals surface area (Å²) in [6.07, 6.45) is 5.52. The maximum Gasteiger partial charge on any atom is 0.226 e. The van der Waals surface area contributed by atoms with Gasteiger partial charge in [0.25, 0.3) is 0 Å². The molecule has 0 atom stereocenters. The van der Waals surface area contributed by atoms with Crippen LogP contribution >= 0.6 is 0 Å². The zero-order chi connectivity index (χ0) is 18.9. The minimum atomic E-state index is 0.497. The number of hydrogen-bond acceptors (Lipinski definition) is 4. The number of aryl methyl sites for hydroxylation is 1. The van der Waals surface area contributed by atoms with Crippen LogP contribution in [-0.2, 0) is 6.54 Å². The minimum Gasteiger partial charge on any atom is -0.444 e. The Hall–Kier alpha value is -2.34. The summed E-state index contributed by atoms with van der Waals surface area (Å²) < 4.78 is 5.61. The molecule has 27 heavy (non-hydrogen) atoms. The van der Waals surface area contributed by atoms with Crippen molar-refractivity contribution in [3.05, 3.63) is 41.8 Å². The number of oxazole rings is 1. The molecule has 6 nitrogen and oxygen atoms in total. The highest BCUT2D eigenvalue weighted by Gasteiger charge is 2.10.